The smallest absolute Gasteiger partial charge is 0.246 e. The molecule has 1 aromatic rings. The SMILES string of the molecule is CCCN(CCC)CCN1C(=O)C2C(C(=O)Nc3cccc(OC)c3)C3C=CC2(O3)C1C(=O)NC1CCCCC1C. The fourth-order valence-electron chi connectivity index (χ4n) is 7.44. The molecule has 4 aliphatic rings. The molecule has 3 fully saturated rings. The summed E-state index contributed by atoms with van der Waals surface area (Å²) in [7, 11) is 1.58. The van der Waals surface area contributed by atoms with Crippen LogP contribution in [0.2, 0.25) is 0 Å². The van der Waals surface area contributed by atoms with Crippen molar-refractivity contribution in [3.05, 3.63) is 36.4 Å². The second kappa shape index (κ2) is 12.5. The summed E-state index contributed by atoms with van der Waals surface area (Å²) < 4.78 is 11.8. The molecule has 5 rings (SSSR count). The van der Waals surface area contributed by atoms with Gasteiger partial charge in [-0.1, -0.05) is 51.8 Å². The number of ether oxygens (including phenoxy) is 2. The largest absolute Gasteiger partial charge is 0.497 e. The molecular weight excluding hydrogens is 520 g/mol. The lowest BCUT2D eigenvalue weighted by Gasteiger charge is -2.36. The zero-order chi connectivity index (χ0) is 29.1. The number of likely N-dealkylation sites (tertiary alicyclic amines) is 1. The average molecular weight is 567 g/mol. The quantitative estimate of drug-likeness (QED) is 0.375. The molecule has 3 amide bonds. The van der Waals surface area contributed by atoms with E-state index in [0.717, 1.165) is 45.2 Å². The van der Waals surface area contributed by atoms with Crippen LogP contribution in [-0.4, -0.2) is 84.6 Å². The fourth-order valence-corrected chi connectivity index (χ4v) is 7.44. The summed E-state index contributed by atoms with van der Waals surface area (Å²) in [5.41, 5.74) is -0.562. The van der Waals surface area contributed by atoms with Gasteiger partial charge in [0.05, 0.1) is 25.0 Å². The van der Waals surface area contributed by atoms with Gasteiger partial charge in [0.1, 0.15) is 17.4 Å². The van der Waals surface area contributed by atoms with Crippen LogP contribution in [0.5, 0.6) is 5.75 Å². The first kappa shape index (κ1) is 29.6. The van der Waals surface area contributed by atoms with Crippen LogP contribution in [-0.2, 0) is 19.1 Å². The van der Waals surface area contributed by atoms with E-state index in [1.54, 1.807) is 30.2 Å². The molecule has 7 unspecified atom stereocenters. The highest BCUT2D eigenvalue weighted by Crippen LogP contribution is 2.55. The van der Waals surface area contributed by atoms with Gasteiger partial charge in [0.25, 0.3) is 0 Å². The maximum atomic E-state index is 14.3. The number of nitrogens with one attached hydrogen (secondary N) is 2. The van der Waals surface area contributed by atoms with Crippen LogP contribution in [0.4, 0.5) is 5.69 Å². The van der Waals surface area contributed by atoms with Crippen LogP contribution in [0.25, 0.3) is 0 Å². The van der Waals surface area contributed by atoms with Crippen molar-refractivity contribution in [2.75, 3.05) is 38.6 Å². The number of anilines is 1. The molecule has 3 aliphatic heterocycles. The normalized spacial score (nSPS) is 31.9. The Bertz CT molecular complexity index is 1150. The predicted molar refractivity (Wildman–Crippen MR) is 157 cm³/mol. The number of carbonyl (C=O) groups is 3. The number of methoxy groups -OCH3 is 1. The van der Waals surface area contributed by atoms with Crippen molar-refractivity contribution in [2.45, 2.75) is 83.1 Å². The topological polar surface area (TPSA) is 100 Å². The number of carbonyl (C=O) groups excluding carboxylic acids is 3. The highest BCUT2D eigenvalue weighted by molar-refractivity contribution is 6.02. The van der Waals surface area contributed by atoms with Crippen LogP contribution in [0.15, 0.2) is 36.4 Å². The molecule has 1 aliphatic carbocycles. The first-order valence-corrected chi connectivity index (χ1v) is 15.5. The standard InChI is InChI=1S/C32H46N4O5/c1-5-16-35(17-6-2)18-19-36-28(30(38)34-24-13-8-7-10-21(24)3)32-15-14-25(41-32)26(27(32)31(36)39)29(37)33-22-11-9-12-23(20-22)40-4/h9,11-12,14-15,20-21,24-28H,5-8,10,13,16-19H2,1-4H3,(H,33,37)(H,34,38). The first-order chi connectivity index (χ1) is 19.8. The van der Waals surface area contributed by atoms with Crippen LogP contribution >= 0.6 is 0 Å². The van der Waals surface area contributed by atoms with Crippen LogP contribution in [0.1, 0.15) is 59.3 Å². The van der Waals surface area contributed by atoms with E-state index in [4.69, 9.17) is 9.47 Å². The number of nitrogens with zero attached hydrogens (tertiary/aromatic N) is 2. The summed E-state index contributed by atoms with van der Waals surface area (Å²) in [6, 6.07) is 6.42. The van der Waals surface area contributed by atoms with Crippen molar-refractivity contribution in [1.29, 1.82) is 0 Å². The lowest BCUT2D eigenvalue weighted by Crippen LogP contribution is -2.58. The molecule has 9 heteroatoms. The van der Waals surface area contributed by atoms with E-state index in [1.165, 1.54) is 6.42 Å². The maximum absolute atomic E-state index is 14.3. The minimum atomic E-state index is -1.15. The van der Waals surface area contributed by atoms with Gasteiger partial charge in [-0.3, -0.25) is 14.4 Å². The highest BCUT2D eigenvalue weighted by Gasteiger charge is 2.72. The number of hydrogen-bond acceptors (Lipinski definition) is 6. The van der Waals surface area contributed by atoms with Crippen LogP contribution < -0.4 is 15.4 Å². The second-order valence-corrected chi connectivity index (χ2v) is 12.2. The molecule has 1 spiro atoms. The second-order valence-electron chi connectivity index (χ2n) is 12.2. The number of rotatable bonds is 12. The molecule has 1 aromatic carbocycles. The number of amides is 3. The molecule has 9 nitrogen and oxygen atoms in total. The Morgan fingerprint density at radius 3 is 2.59 bits per heavy atom. The van der Waals surface area contributed by atoms with Crippen molar-refractivity contribution < 1.29 is 23.9 Å². The lowest BCUT2D eigenvalue weighted by molar-refractivity contribution is -0.141. The van der Waals surface area contributed by atoms with Gasteiger partial charge in [0.2, 0.25) is 17.7 Å². The van der Waals surface area contributed by atoms with Gasteiger partial charge >= 0.3 is 0 Å². The Kier molecular flexibility index (Phi) is 9.04. The van der Waals surface area contributed by atoms with Gasteiger partial charge in [0.15, 0.2) is 0 Å². The summed E-state index contributed by atoms with van der Waals surface area (Å²) in [5.74, 6) is -1.10. The van der Waals surface area contributed by atoms with Gasteiger partial charge < -0.3 is 29.9 Å². The molecule has 0 radical (unpaired) electrons. The molecule has 2 saturated heterocycles. The number of fused-ring (bicyclic) bond motifs is 1. The van der Waals surface area contributed by atoms with Crippen molar-refractivity contribution in [2.24, 2.45) is 17.8 Å². The van der Waals surface area contributed by atoms with Crippen molar-refractivity contribution in [3.8, 4) is 5.75 Å². The van der Waals surface area contributed by atoms with Crippen LogP contribution in [0, 0.1) is 17.8 Å². The molecule has 2 N–H and O–H groups in total. The Morgan fingerprint density at radius 2 is 1.88 bits per heavy atom. The molecular formula is C32H46N4O5. The number of benzene rings is 1. The Morgan fingerprint density at radius 1 is 1.12 bits per heavy atom. The average Bonchev–Trinajstić information content (AvgIpc) is 3.60. The first-order valence-electron chi connectivity index (χ1n) is 15.5. The van der Waals surface area contributed by atoms with Gasteiger partial charge in [-0.25, -0.2) is 0 Å². The van der Waals surface area contributed by atoms with E-state index in [2.05, 4.69) is 36.3 Å². The molecule has 2 bridgehead atoms. The third-order valence-corrected chi connectivity index (χ3v) is 9.44. The third kappa shape index (κ3) is 5.63. The molecule has 7 atom stereocenters. The fraction of sp³-hybridized carbons (Fsp3) is 0.656. The van der Waals surface area contributed by atoms with Gasteiger partial charge in [-0.2, -0.15) is 0 Å². The van der Waals surface area contributed by atoms with Crippen molar-refractivity contribution in [1.82, 2.24) is 15.1 Å². The van der Waals surface area contributed by atoms with Gasteiger partial charge in [0, 0.05) is 30.9 Å². The lowest BCUT2D eigenvalue weighted by atomic mass is 9.74. The summed E-state index contributed by atoms with van der Waals surface area (Å²) in [4.78, 5) is 46.2. The van der Waals surface area contributed by atoms with Gasteiger partial charge in [-0.05, 0) is 56.8 Å². The monoisotopic (exact) mass is 566 g/mol. The summed E-state index contributed by atoms with van der Waals surface area (Å²) >= 11 is 0. The Labute approximate surface area is 244 Å². The maximum Gasteiger partial charge on any atom is 0.246 e. The summed E-state index contributed by atoms with van der Waals surface area (Å²) in [6.07, 6.45) is 9.52. The van der Waals surface area contributed by atoms with E-state index in [9.17, 15) is 14.4 Å². The van der Waals surface area contributed by atoms with E-state index >= 15 is 0 Å². The van der Waals surface area contributed by atoms with E-state index in [0.29, 0.717) is 30.4 Å². The van der Waals surface area contributed by atoms with Crippen molar-refractivity contribution >= 4 is 23.4 Å². The number of hydrogen-bond donors (Lipinski definition) is 2. The predicted octanol–water partition coefficient (Wildman–Crippen LogP) is 3.60. The minimum Gasteiger partial charge on any atom is -0.497 e. The van der Waals surface area contributed by atoms with Gasteiger partial charge in [-0.15, -0.1) is 0 Å². The summed E-state index contributed by atoms with van der Waals surface area (Å²) in [6.45, 7) is 9.45. The molecule has 224 valence electrons. The minimum absolute atomic E-state index is 0.0788. The van der Waals surface area contributed by atoms with Crippen LogP contribution in [0.3, 0.4) is 0 Å². The Balaban J connectivity index is 1.42. The van der Waals surface area contributed by atoms with E-state index in [-0.39, 0.29) is 23.8 Å². The summed E-state index contributed by atoms with van der Waals surface area (Å²) in [5, 5.41) is 6.29. The molecule has 3 heterocycles. The zero-order valence-electron chi connectivity index (χ0n) is 24.9. The van der Waals surface area contributed by atoms with E-state index in [1.807, 2.05) is 18.2 Å². The molecule has 41 heavy (non-hydrogen) atoms. The highest BCUT2D eigenvalue weighted by atomic mass is 16.5. The third-order valence-electron chi connectivity index (χ3n) is 9.44. The zero-order valence-corrected chi connectivity index (χ0v) is 24.9. The van der Waals surface area contributed by atoms with E-state index < -0.39 is 29.6 Å². The molecule has 0 aromatic heterocycles. The van der Waals surface area contributed by atoms with Crippen molar-refractivity contribution in [3.63, 3.8) is 0 Å². The Hall–Kier alpha value is -2.91. The molecule has 1 saturated carbocycles.